The van der Waals surface area contributed by atoms with Crippen LogP contribution >= 0.6 is 0 Å². The van der Waals surface area contributed by atoms with Gasteiger partial charge in [0, 0.05) is 42.2 Å². The third kappa shape index (κ3) is 5.08. The monoisotopic (exact) mass is 470 g/mol. The van der Waals surface area contributed by atoms with Crippen molar-refractivity contribution in [3.05, 3.63) is 65.7 Å². The molecule has 2 amide bonds. The fraction of sp³-hybridized carbons (Fsp3) is 0.414. The molecule has 1 atom stereocenters. The number of benzene rings is 2. The van der Waals surface area contributed by atoms with E-state index in [9.17, 15) is 9.59 Å². The summed E-state index contributed by atoms with van der Waals surface area (Å²) in [7, 11) is 0. The van der Waals surface area contributed by atoms with Gasteiger partial charge in [-0.3, -0.25) is 9.59 Å². The zero-order valence-electron chi connectivity index (χ0n) is 20.4. The van der Waals surface area contributed by atoms with E-state index in [0.29, 0.717) is 31.1 Å². The van der Waals surface area contributed by atoms with E-state index in [1.165, 1.54) is 19.3 Å². The molecule has 0 bridgehead atoms. The number of pyridine rings is 1. The zero-order chi connectivity index (χ0) is 24.2. The third-order valence-corrected chi connectivity index (χ3v) is 7.52. The van der Waals surface area contributed by atoms with Crippen LogP contribution in [0.1, 0.15) is 54.9 Å². The van der Waals surface area contributed by atoms with Crippen LogP contribution in [0, 0.1) is 5.92 Å². The summed E-state index contributed by atoms with van der Waals surface area (Å²) in [6.07, 6.45) is 6.08. The fourth-order valence-electron chi connectivity index (χ4n) is 5.53. The summed E-state index contributed by atoms with van der Waals surface area (Å²) in [6.45, 7) is 4.17. The lowest BCUT2D eigenvalue weighted by Gasteiger charge is -2.31. The lowest BCUT2D eigenvalue weighted by atomic mass is 9.84. The molecule has 0 spiro atoms. The highest BCUT2D eigenvalue weighted by molar-refractivity contribution is 6.09. The van der Waals surface area contributed by atoms with Gasteiger partial charge in [0.15, 0.2) is 0 Å². The molecule has 1 saturated heterocycles. The Morgan fingerprint density at radius 1 is 1.09 bits per heavy atom. The van der Waals surface area contributed by atoms with Crippen LogP contribution in [-0.2, 0) is 11.3 Å². The topological polar surface area (TPSA) is 74.3 Å². The Kier molecular flexibility index (Phi) is 7.09. The van der Waals surface area contributed by atoms with E-state index in [1.54, 1.807) is 0 Å². The molecule has 1 aliphatic carbocycles. The number of carbonyl (C=O) groups is 2. The molecule has 0 unspecified atom stereocenters. The Morgan fingerprint density at radius 3 is 2.60 bits per heavy atom. The van der Waals surface area contributed by atoms with Gasteiger partial charge in [-0.25, -0.2) is 4.98 Å². The van der Waals surface area contributed by atoms with Crippen LogP contribution in [0.5, 0.6) is 0 Å². The molecule has 3 aromatic rings. The molecule has 6 nitrogen and oxygen atoms in total. The van der Waals surface area contributed by atoms with Crippen molar-refractivity contribution in [1.29, 1.82) is 0 Å². The van der Waals surface area contributed by atoms with Gasteiger partial charge in [-0.15, -0.1) is 0 Å². The van der Waals surface area contributed by atoms with Crippen molar-refractivity contribution in [1.82, 2.24) is 20.5 Å². The molecule has 2 heterocycles. The van der Waals surface area contributed by atoms with E-state index in [-0.39, 0.29) is 17.9 Å². The number of piperazine rings is 1. The summed E-state index contributed by atoms with van der Waals surface area (Å²) in [5.74, 6) is 0.481. The zero-order valence-corrected chi connectivity index (χ0v) is 20.4. The predicted molar refractivity (Wildman–Crippen MR) is 139 cm³/mol. The van der Waals surface area contributed by atoms with E-state index < -0.39 is 0 Å². The molecule has 2 N–H and O–H groups in total. The second-order valence-electron chi connectivity index (χ2n) is 9.85. The van der Waals surface area contributed by atoms with Crippen molar-refractivity contribution in [3.8, 4) is 11.3 Å². The van der Waals surface area contributed by atoms with Gasteiger partial charge in [0.25, 0.3) is 5.91 Å². The molecule has 1 aromatic heterocycles. The highest BCUT2D eigenvalue weighted by Gasteiger charge is 2.28. The first kappa shape index (κ1) is 23.5. The molecule has 35 heavy (non-hydrogen) atoms. The molecule has 2 aromatic carbocycles. The minimum Gasteiger partial charge on any atom is -0.349 e. The first-order chi connectivity index (χ1) is 17.1. The quantitative estimate of drug-likeness (QED) is 0.555. The van der Waals surface area contributed by atoms with Crippen LogP contribution in [-0.4, -0.2) is 47.4 Å². The number of nitrogens with one attached hydrogen (secondary N) is 2. The molecule has 2 fully saturated rings. The van der Waals surface area contributed by atoms with Gasteiger partial charge in [0.2, 0.25) is 5.91 Å². The van der Waals surface area contributed by atoms with Crippen LogP contribution in [0.2, 0.25) is 0 Å². The van der Waals surface area contributed by atoms with E-state index in [4.69, 9.17) is 4.98 Å². The Labute approximate surface area is 207 Å². The Bertz CT molecular complexity index is 1200. The van der Waals surface area contributed by atoms with E-state index in [1.807, 2.05) is 59.5 Å². The van der Waals surface area contributed by atoms with Crippen LogP contribution in [0.4, 0.5) is 0 Å². The molecule has 2 aliphatic rings. The summed E-state index contributed by atoms with van der Waals surface area (Å²) >= 11 is 0. The number of carbonyl (C=O) groups excluding carboxylic acids is 2. The van der Waals surface area contributed by atoms with E-state index >= 15 is 0 Å². The molecule has 182 valence electrons. The fourth-order valence-corrected chi connectivity index (χ4v) is 5.53. The summed E-state index contributed by atoms with van der Waals surface area (Å²) < 4.78 is 0. The molecule has 1 aliphatic heterocycles. The number of hydrogen-bond acceptors (Lipinski definition) is 4. The molecule has 0 radical (unpaired) electrons. The first-order valence-corrected chi connectivity index (χ1v) is 12.9. The lowest BCUT2D eigenvalue weighted by Crippen LogP contribution is -2.48. The Morgan fingerprint density at radius 2 is 1.83 bits per heavy atom. The van der Waals surface area contributed by atoms with E-state index in [2.05, 4.69) is 17.6 Å². The second-order valence-corrected chi connectivity index (χ2v) is 9.85. The van der Waals surface area contributed by atoms with Gasteiger partial charge in [-0.1, -0.05) is 67.8 Å². The summed E-state index contributed by atoms with van der Waals surface area (Å²) in [5, 5.41) is 7.31. The number of nitrogens with zero attached hydrogens (tertiary/aromatic N) is 2. The number of para-hydroxylation sites is 1. The number of fused-ring (bicyclic) bond motifs is 1. The third-order valence-electron chi connectivity index (χ3n) is 7.52. The van der Waals surface area contributed by atoms with Crippen LogP contribution in [0.25, 0.3) is 22.2 Å². The summed E-state index contributed by atoms with van der Waals surface area (Å²) in [5.41, 5.74) is 3.97. The van der Waals surface area contributed by atoms with Crippen molar-refractivity contribution >= 4 is 22.7 Å². The van der Waals surface area contributed by atoms with Crippen molar-refractivity contribution in [3.63, 3.8) is 0 Å². The highest BCUT2D eigenvalue weighted by atomic mass is 16.2. The van der Waals surface area contributed by atoms with Gasteiger partial charge in [0.1, 0.15) is 0 Å². The standard InChI is InChI=1S/C29H34N4O2/c1-20(21-10-4-2-5-11-21)31-29(35)27-23-14-8-9-15-25(23)32-28(22-12-6-3-7-13-22)24(27)19-33-17-16-30-18-26(33)34/h3,6-9,12-15,20-21,30H,2,4-5,10-11,16-19H2,1H3,(H,31,35)/t20-/m0/s1. The molecule has 1 saturated carbocycles. The molecular weight excluding hydrogens is 436 g/mol. The maximum absolute atomic E-state index is 14.0. The second kappa shape index (κ2) is 10.6. The average Bonchev–Trinajstić information content (AvgIpc) is 2.90. The minimum atomic E-state index is -0.0727. The van der Waals surface area contributed by atoms with Crippen molar-refractivity contribution in [2.75, 3.05) is 19.6 Å². The van der Waals surface area contributed by atoms with Crippen molar-refractivity contribution in [2.45, 2.75) is 51.6 Å². The van der Waals surface area contributed by atoms with Crippen LogP contribution in [0.15, 0.2) is 54.6 Å². The Balaban J connectivity index is 1.62. The van der Waals surface area contributed by atoms with Gasteiger partial charge in [-0.05, 0) is 31.7 Å². The maximum Gasteiger partial charge on any atom is 0.252 e. The predicted octanol–water partition coefficient (Wildman–Crippen LogP) is 4.53. The Hall–Kier alpha value is -3.25. The summed E-state index contributed by atoms with van der Waals surface area (Å²) in [4.78, 5) is 33.6. The normalized spacial score (nSPS) is 18.0. The van der Waals surface area contributed by atoms with Gasteiger partial charge in [-0.2, -0.15) is 0 Å². The van der Waals surface area contributed by atoms with Crippen LogP contribution in [0.3, 0.4) is 0 Å². The molecular formula is C29H34N4O2. The molecule has 5 rings (SSSR count). The number of rotatable bonds is 6. The van der Waals surface area contributed by atoms with Gasteiger partial charge >= 0.3 is 0 Å². The largest absolute Gasteiger partial charge is 0.349 e. The average molecular weight is 471 g/mol. The highest BCUT2D eigenvalue weighted by Crippen LogP contribution is 2.32. The van der Waals surface area contributed by atoms with Crippen molar-refractivity contribution in [2.24, 2.45) is 5.92 Å². The van der Waals surface area contributed by atoms with Gasteiger partial charge < -0.3 is 15.5 Å². The SMILES string of the molecule is C[C@H](NC(=O)c1c(CN2CCNCC2=O)c(-c2ccccc2)nc2ccccc12)C1CCCCC1. The van der Waals surface area contributed by atoms with Crippen molar-refractivity contribution < 1.29 is 9.59 Å². The molecule has 6 heteroatoms. The number of amides is 2. The number of aromatic nitrogens is 1. The van der Waals surface area contributed by atoms with E-state index in [0.717, 1.165) is 47.1 Å². The minimum absolute atomic E-state index is 0.0466. The first-order valence-electron chi connectivity index (χ1n) is 12.9. The number of hydrogen-bond donors (Lipinski definition) is 2. The summed E-state index contributed by atoms with van der Waals surface area (Å²) in [6, 6.07) is 17.9. The van der Waals surface area contributed by atoms with Crippen LogP contribution < -0.4 is 10.6 Å². The smallest absolute Gasteiger partial charge is 0.252 e. The van der Waals surface area contributed by atoms with Gasteiger partial charge in [0.05, 0.1) is 23.3 Å². The maximum atomic E-state index is 14.0. The lowest BCUT2D eigenvalue weighted by molar-refractivity contribution is -0.132.